The maximum Gasteiger partial charge on any atom is 0.206 e. The largest absolute Gasteiger partial charge is 0.409 e. The van der Waals surface area contributed by atoms with Crippen molar-refractivity contribution in [3.8, 4) is 0 Å². The number of amidine groups is 1. The Hall–Kier alpha value is -2.31. The van der Waals surface area contributed by atoms with Crippen LogP contribution in [-0.2, 0) is 13.1 Å². The number of imidazole rings is 2. The fourth-order valence-corrected chi connectivity index (χ4v) is 1.61. The van der Waals surface area contributed by atoms with Gasteiger partial charge in [0.05, 0.1) is 6.33 Å². The van der Waals surface area contributed by atoms with Crippen molar-refractivity contribution in [3.63, 3.8) is 0 Å². The molecule has 0 amide bonds. The predicted molar refractivity (Wildman–Crippen MR) is 61.6 cm³/mol. The van der Waals surface area contributed by atoms with Gasteiger partial charge < -0.3 is 20.1 Å². The van der Waals surface area contributed by atoms with Gasteiger partial charge in [-0.2, -0.15) is 0 Å². The molecule has 0 spiro atoms. The van der Waals surface area contributed by atoms with E-state index in [1.807, 2.05) is 15.3 Å². The first-order valence-electron chi connectivity index (χ1n) is 5.26. The van der Waals surface area contributed by atoms with Crippen molar-refractivity contribution in [2.75, 3.05) is 0 Å². The van der Waals surface area contributed by atoms with Crippen molar-refractivity contribution in [1.29, 1.82) is 0 Å². The quantitative estimate of drug-likeness (QED) is 0.336. The highest BCUT2D eigenvalue weighted by atomic mass is 16.4. The van der Waals surface area contributed by atoms with E-state index >= 15 is 0 Å². The molecule has 0 aliphatic rings. The lowest BCUT2D eigenvalue weighted by molar-refractivity contribution is 0.318. The van der Waals surface area contributed by atoms with E-state index < -0.39 is 0 Å². The van der Waals surface area contributed by atoms with Crippen LogP contribution in [0.3, 0.4) is 0 Å². The Morgan fingerprint density at radius 1 is 1.35 bits per heavy atom. The zero-order valence-electron chi connectivity index (χ0n) is 9.27. The molecular formula is C10H14N6O. The first kappa shape index (κ1) is 11.2. The van der Waals surface area contributed by atoms with Gasteiger partial charge in [-0.25, -0.2) is 9.97 Å². The highest BCUT2D eigenvalue weighted by molar-refractivity contribution is 5.93. The van der Waals surface area contributed by atoms with Crippen LogP contribution in [0.25, 0.3) is 0 Å². The highest BCUT2D eigenvalue weighted by Crippen LogP contribution is 2.01. The number of nitrogens with zero attached hydrogens (tertiary/aromatic N) is 5. The van der Waals surface area contributed by atoms with Crippen molar-refractivity contribution < 1.29 is 5.21 Å². The second kappa shape index (κ2) is 5.15. The van der Waals surface area contributed by atoms with E-state index in [1.165, 1.54) is 0 Å². The maximum absolute atomic E-state index is 8.60. The van der Waals surface area contributed by atoms with Crippen molar-refractivity contribution in [1.82, 2.24) is 19.1 Å². The van der Waals surface area contributed by atoms with Crippen LogP contribution in [0.1, 0.15) is 12.2 Å². The molecule has 2 rings (SSSR count). The van der Waals surface area contributed by atoms with Crippen LogP contribution in [-0.4, -0.2) is 30.1 Å². The molecule has 3 N–H and O–H groups in total. The lowest BCUT2D eigenvalue weighted by Gasteiger charge is -2.06. The molecule has 0 unspecified atom stereocenters. The molecule has 90 valence electrons. The van der Waals surface area contributed by atoms with Crippen LogP contribution >= 0.6 is 0 Å². The van der Waals surface area contributed by atoms with Crippen molar-refractivity contribution in [2.24, 2.45) is 10.9 Å². The van der Waals surface area contributed by atoms with Gasteiger partial charge in [-0.3, -0.25) is 0 Å². The fraction of sp³-hybridized carbons (Fsp3) is 0.300. The van der Waals surface area contributed by atoms with Gasteiger partial charge in [-0.05, 0) is 6.42 Å². The molecule has 0 bridgehead atoms. The molecular weight excluding hydrogens is 220 g/mol. The smallest absolute Gasteiger partial charge is 0.206 e. The Labute approximate surface area is 98.2 Å². The van der Waals surface area contributed by atoms with E-state index in [0.717, 1.165) is 19.5 Å². The van der Waals surface area contributed by atoms with Crippen LogP contribution in [0, 0.1) is 0 Å². The predicted octanol–water partition coefficient (Wildman–Crippen LogP) is 0.264. The Kier molecular flexibility index (Phi) is 3.39. The molecule has 0 saturated carbocycles. The summed E-state index contributed by atoms with van der Waals surface area (Å²) in [6, 6.07) is 0. The summed E-state index contributed by atoms with van der Waals surface area (Å²) >= 11 is 0. The third-order valence-electron chi connectivity index (χ3n) is 2.43. The van der Waals surface area contributed by atoms with Crippen LogP contribution < -0.4 is 5.73 Å². The molecule has 0 radical (unpaired) electrons. The molecule has 0 fully saturated rings. The first-order valence-corrected chi connectivity index (χ1v) is 5.26. The molecule has 0 aliphatic heterocycles. The molecule has 0 atom stereocenters. The van der Waals surface area contributed by atoms with Crippen molar-refractivity contribution >= 4 is 5.84 Å². The summed E-state index contributed by atoms with van der Waals surface area (Å²) in [4.78, 5) is 8.00. The summed E-state index contributed by atoms with van der Waals surface area (Å²) in [6.07, 6.45) is 9.79. The summed E-state index contributed by atoms with van der Waals surface area (Å²) < 4.78 is 3.85. The van der Waals surface area contributed by atoms with Gasteiger partial charge in [0, 0.05) is 37.9 Å². The monoisotopic (exact) mass is 234 g/mol. The molecule has 2 heterocycles. The van der Waals surface area contributed by atoms with E-state index in [2.05, 4.69) is 15.1 Å². The second-order valence-corrected chi connectivity index (χ2v) is 3.58. The molecule has 7 heteroatoms. The highest BCUT2D eigenvalue weighted by Gasteiger charge is 2.06. The molecule has 0 aromatic carbocycles. The standard InChI is InChI=1S/C10H14N6O/c11-9(14-17)10-13-3-7-16(10)5-1-4-15-6-2-12-8-15/h2-3,6-8,17H,1,4-5H2,(H2,11,14). The third-order valence-corrected chi connectivity index (χ3v) is 2.43. The number of hydrogen-bond donors (Lipinski definition) is 2. The average molecular weight is 234 g/mol. The summed E-state index contributed by atoms with van der Waals surface area (Å²) in [5.74, 6) is 0.510. The molecule has 0 saturated heterocycles. The number of nitrogens with two attached hydrogens (primary N) is 1. The second-order valence-electron chi connectivity index (χ2n) is 3.58. The molecule has 17 heavy (non-hydrogen) atoms. The van der Waals surface area contributed by atoms with Crippen LogP contribution in [0.5, 0.6) is 0 Å². The minimum absolute atomic E-state index is 0.0256. The van der Waals surface area contributed by atoms with Crippen molar-refractivity contribution in [2.45, 2.75) is 19.5 Å². The van der Waals surface area contributed by atoms with Gasteiger partial charge >= 0.3 is 0 Å². The van der Waals surface area contributed by atoms with E-state index in [4.69, 9.17) is 10.9 Å². The number of hydrogen-bond acceptors (Lipinski definition) is 4. The molecule has 2 aromatic rings. The van der Waals surface area contributed by atoms with Gasteiger partial charge in [0.15, 0.2) is 5.82 Å². The third kappa shape index (κ3) is 2.63. The Bertz CT molecular complexity index is 487. The van der Waals surface area contributed by atoms with Crippen LogP contribution in [0.4, 0.5) is 0 Å². The molecule has 7 nitrogen and oxygen atoms in total. The van der Waals surface area contributed by atoms with Crippen molar-refractivity contribution in [3.05, 3.63) is 36.9 Å². The Morgan fingerprint density at radius 2 is 2.24 bits per heavy atom. The SMILES string of the molecule is NC(=NO)c1nccn1CCCn1ccnc1. The maximum atomic E-state index is 8.60. The summed E-state index contributed by atoms with van der Waals surface area (Å²) in [6.45, 7) is 1.62. The number of aryl methyl sites for hydroxylation is 2. The van der Waals surface area contributed by atoms with Crippen LogP contribution in [0.15, 0.2) is 36.3 Å². The topological polar surface area (TPSA) is 94.3 Å². The van der Waals surface area contributed by atoms with E-state index in [0.29, 0.717) is 5.82 Å². The molecule has 2 aromatic heterocycles. The summed E-state index contributed by atoms with van der Waals surface area (Å²) in [7, 11) is 0. The normalized spacial score (nSPS) is 11.9. The van der Waals surface area contributed by atoms with Gasteiger partial charge in [0.1, 0.15) is 0 Å². The zero-order valence-corrected chi connectivity index (χ0v) is 9.27. The van der Waals surface area contributed by atoms with Gasteiger partial charge in [0.2, 0.25) is 5.84 Å². The Balaban J connectivity index is 1.93. The lowest BCUT2D eigenvalue weighted by Crippen LogP contribution is -2.20. The zero-order chi connectivity index (χ0) is 12.1. The lowest BCUT2D eigenvalue weighted by atomic mass is 10.4. The van der Waals surface area contributed by atoms with Gasteiger partial charge in [-0.1, -0.05) is 5.16 Å². The number of oxime groups is 1. The summed E-state index contributed by atoms with van der Waals surface area (Å²) in [5.41, 5.74) is 5.51. The van der Waals surface area contributed by atoms with Crippen LogP contribution in [0.2, 0.25) is 0 Å². The fourth-order valence-electron chi connectivity index (χ4n) is 1.61. The van der Waals surface area contributed by atoms with Gasteiger partial charge in [0.25, 0.3) is 0 Å². The minimum Gasteiger partial charge on any atom is -0.409 e. The van der Waals surface area contributed by atoms with E-state index in [9.17, 15) is 0 Å². The Morgan fingerprint density at radius 3 is 2.94 bits per heavy atom. The van der Waals surface area contributed by atoms with E-state index in [1.54, 1.807) is 24.9 Å². The van der Waals surface area contributed by atoms with E-state index in [-0.39, 0.29) is 5.84 Å². The number of aromatic nitrogens is 4. The first-order chi connectivity index (χ1) is 8.31. The average Bonchev–Trinajstić information content (AvgIpc) is 2.99. The minimum atomic E-state index is 0.0256. The summed E-state index contributed by atoms with van der Waals surface area (Å²) in [5, 5.41) is 11.5. The number of rotatable bonds is 5. The molecule has 0 aliphatic carbocycles. The van der Waals surface area contributed by atoms with Gasteiger partial charge in [-0.15, -0.1) is 0 Å².